The Morgan fingerprint density at radius 3 is 1.47 bits per heavy atom. The van der Waals surface area contributed by atoms with E-state index in [2.05, 4.69) is 0 Å². The van der Waals surface area contributed by atoms with E-state index in [0.29, 0.717) is 11.1 Å². The lowest BCUT2D eigenvalue weighted by Gasteiger charge is -1.99. The predicted octanol–water partition coefficient (Wildman–Crippen LogP) is 4.74. The minimum Gasteiger partial charge on any atom is -0.100 e. The molecule has 0 aromatic heterocycles. The molecule has 0 N–H and O–H groups in total. The monoisotopic (exact) mass is 264 g/mol. The molecule has 2 heteroatoms. The summed E-state index contributed by atoms with van der Waals surface area (Å²) in [6, 6.07) is 18.3. The van der Waals surface area contributed by atoms with Gasteiger partial charge in [0.15, 0.2) is 0 Å². The van der Waals surface area contributed by atoms with E-state index in [1.54, 1.807) is 24.3 Å². The van der Waals surface area contributed by atoms with Crippen LogP contribution < -0.4 is 0 Å². The highest BCUT2D eigenvalue weighted by atomic mass is 35.5. The third-order valence-corrected chi connectivity index (χ3v) is 3.70. The molecule has 1 fully saturated rings. The van der Waals surface area contributed by atoms with E-state index in [4.69, 9.17) is 25.9 Å². The number of halogens is 2. The first kappa shape index (κ1) is 9.02. The Hall–Kier alpha value is -0.980. The molecular weight excluding hydrogens is 251 g/mol. The topological polar surface area (TPSA) is 0 Å². The second kappa shape index (κ2) is 4.04. The van der Waals surface area contributed by atoms with Crippen molar-refractivity contribution in [2.75, 3.05) is 0 Å². The predicted molar refractivity (Wildman–Crippen MR) is 72.8 cm³/mol. The summed E-state index contributed by atoms with van der Waals surface area (Å²) in [5.41, 5.74) is 1.33. The van der Waals surface area contributed by atoms with Crippen LogP contribution in [0, 0.1) is 0 Å². The average molecular weight is 265 g/mol. The van der Waals surface area contributed by atoms with E-state index in [1.807, 2.05) is 36.4 Å². The van der Waals surface area contributed by atoms with Gasteiger partial charge in [0.25, 0.3) is 0 Å². The van der Waals surface area contributed by atoms with Crippen molar-refractivity contribution in [3.8, 4) is 0 Å². The Bertz CT molecular complexity index is 547. The number of rotatable bonds is 2. The Labute approximate surface area is 114 Å². The van der Waals surface area contributed by atoms with Gasteiger partial charge in [-0.1, -0.05) is 60.7 Å². The van der Waals surface area contributed by atoms with E-state index < -0.39 is 16.1 Å². The Morgan fingerprint density at radius 2 is 1.12 bits per heavy atom. The lowest BCUT2D eigenvalue weighted by molar-refractivity contribution is 1.03. The average Bonchev–Trinajstić information content (AvgIpc) is 2.82. The highest BCUT2D eigenvalue weighted by Gasteiger charge is 2.64. The maximum absolute atomic E-state index is 8.63. The van der Waals surface area contributed by atoms with Crippen LogP contribution in [0.1, 0.15) is 25.7 Å². The highest BCUT2D eigenvalue weighted by molar-refractivity contribution is 6.52. The summed E-state index contributed by atoms with van der Waals surface area (Å²) in [6.07, 6.45) is 0. The largest absolute Gasteiger partial charge is 0.133 e. The highest BCUT2D eigenvalue weighted by Crippen LogP contribution is 2.69. The van der Waals surface area contributed by atoms with E-state index >= 15 is 0 Å². The number of hydrogen-bond acceptors (Lipinski definition) is 0. The maximum atomic E-state index is 8.63. The lowest BCUT2D eigenvalue weighted by Crippen LogP contribution is -1.90. The SMILES string of the molecule is [2H][C@@]1(c2ccccc2)C(Cl)(Cl)[C@@]1([2H])c1ccccc1. The summed E-state index contributed by atoms with van der Waals surface area (Å²) in [4.78, 5) is 0. The van der Waals surface area contributed by atoms with E-state index in [-0.39, 0.29) is 0 Å². The van der Waals surface area contributed by atoms with Crippen LogP contribution >= 0.6 is 23.2 Å². The quantitative estimate of drug-likeness (QED) is 0.688. The van der Waals surface area contributed by atoms with E-state index in [0.717, 1.165) is 0 Å². The number of benzene rings is 2. The zero-order valence-electron chi connectivity index (χ0n) is 11.0. The zero-order chi connectivity index (χ0) is 13.7. The summed E-state index contributed by atoms with van der Waals surface area (Å²) < 4.78 is 15.8. The molecule has 1 aliphatic rings. The molecule has 0 nitrogen and oxygen atoms in total. The summed E-state index contributed by atoms with van der Waals surface area (Å²) in [5.74, 6) is -2.71. The Kier molecular flexibility index (Phi) is 2.14. The Balaban J connectivity index is 2.15. The van der Waals surface area contributed by atoms with Gasteiger partial charge in [-0.15, -0.1) is 23.2 Å². The molecule has 2 aromatic rings. The van der Waals surface area contributed by atoms with Crippen molar-refractivity contribution in [2.24, 2.45) is 0 Å². The van der Waals surface area contributed by atoms with Crippen LogP contribution in [0.15, 0.2) is 60.7 Å². The van der Waals surface area contributed by atoms with Gasteiger partial charge in [-0.2, -0.15) is 0 Å². The molecule has 0 saturated heterocycles. The van der Waals surface area contributed by atoms with Crippen molar-refractivity contribution in [3.63, 3.8) is 0 Å². The third-order valence-electron chi connectivity index (χ3n) is 2.94. The molecule has 1 aliphatic carbocycles. The fourth-order valence-corrected chi connectivity index (χ4v) is 2.82. The molecule has 0 bridgehead atoms. The van der Waals surface area contributed by atoms with Crippen LogP contribution in [0.5, 0.6) is 0 Å². The van der Waals surface area contributed by atoms with Crippen LogP contribution in [-0.4, -0.2) is 4.33 Å². The van der Waals surface area contributed by atoms with Crippen LogP contribution in [-0.2, 0) is 0 Å². The van der Waals surface area contributed by atoms with Crippen molar-refractivity contribution >= 4 is 23.2 Å². The third kappa shape index (κ3) is 1.86. The molecule has 0 amide bonds. The minimum atomic E-state index is -1.46. The lowest BCUT2D eigenvalue weighted by atomic mass is 10.0. The molecule has 0 spiro atoms. The van der Waals surface area contributed by atoms with Gasteiger partial charge in [-0.25, -0.2) is 0 Å². The van der Waals surface area contributed by atoms with Crippen LogP contribution in [0.25, 0.3) is 0 Å². The second-order valence-corrected chi connectivity index (χ2v) is 5.38. The molecule has 0 radical (unpaired) electrons. The van der Waals surface area contributed by atoms with Crippen LogP contribution in [0.2, 0.25) is 0 Å². The van der Waals surface area contributed by atoms with E-state index in [1.165, 1.54) is 0 Å². The normalized spacial score (nSPS) is 35.9. The molecule has 3 rings (SSSR count). The van der Waals surface area contributed by atoms with Crippen LogP contribution in [0.4, 0.5) is 0 Å². The fraction of sp³-hybridized carbons (Fsp3) is 0.200. The van der Waals surface area contributed by atoms with Gasteiger partial charge < -0.3 is 0 Å². The standard InChI is InChI=1S/C15H12Cl2/c16-15(17)13(11-7-3-1-4-8-11)14(15)12-9-5-2-6-10-12/h1-10,13-14H/t13-,14-/m0/s1/i13D,14D. The summed E-state index contributed by atoms with van der Waals surface area (Å²) in [7, 11) is 0. The molecule has 17 heavy (non-hydrogen) atoms. The number of alkyl halides is 2. The van der Waals surface area contributed by atoms with Gasteiger partial charge in [0.1, 0.15) is 4.33 Å². The first-order valence-electron chi connectivity index (χ1n) is 6.45. The molecular formula is C15H12Cl2. The molecule has 1 saturated carbocycles. The van der Waals surface area contributed by atoms with Gasteiger partial charge >= 0.3 is 0 Å². The molecule has 2 atom stereocenters. The van der Waals surface area contributed by atoms with Gasteiger partial charge in [-0.3, -0.25) is 0 Å². The summed E-state index contributed by atoms with van der Waals surface area (Å²) >= 11 is 12.6. The van der Waals surface area contributed by atoms with Crippen molar-refractivity contribution in [1.82, 2.24) is 0 Å². The first-order valence-corrected chi connectivity index (χ1v) is 6.21. The smallest absolute Gasteiger partial charge is 0.100 e. The van der Waals surface area contributed by atoms with Crippen molar-refractivity contribution < 1.29 is 2.74 Å². The van der Waals surface area contributed by atoms with Crippen molar-refractivity contribution in [2.45, 2.75) is 16.1 Å². The number of hydrogen-bond donors (Lipinski definition) is 0. The molecule has 0 aliphatic heterocycles. The van der Waals surface area contributed by atoms with Gasteiger partial charge in [0.2, 0.25) is 0 Å². The Morgan fingerprint density at radius 1 is 0.765 bits per heavy atom. The maximum Gasteiger partial charge on any atom is 0.133 e. The second-order valence-electron chi connectivity index (χ2n) is 4.06. The van der Waals surface area contributed by atoms with Gasteiger partial charge in [-0.05, 0) is 11.1 Å². The van der Waals surface area contributed by atoms with Crippen molar-refractivity contribution in [1.29, 1.82) is 0 Å². The molecule has 0 heterocycles. The zero-order valence-corrected chi connectivity index (χ0v) is 10.5. The van der Waals surface area contributed by atoms with Gasteiger partial charge in [0.05, 0.1) is 0 Å². The van der Waals surface area contributed by atoms with Crippen LogP contribution in [0.3, 0.4) is 0 Å². The summed E-state index contributed by atoms with van der Waals surface area (Å²) in [5, 5.41) is 0. The summed E-state index contributed by atoms with van der Waals surface area (Å²) in [6.45, 7) is 0. The molecule has 0 unspecified atom stereocenters. The van der Waals surface area contributed by atoms with Crippen molar-refractivity contribution in [3.05, 3.63) is 71.8 Å². The minimum absolute atomic E-state index is 0.666. The first-order chi connectivity index (χ1) is 8.96. The van der Waals surface area contributed by atoms with E-state index in [9.17, 15) is 0 Å². The molecule has 2 aromatic carbocycles. The fourth-order valence-electron chi connectivity index (χ4n) is 2.10. The molecule has 86 valence electrons. The van der Waals surface area contributed by atoms with Gasteiger partial charge in [0, 0.05) is 14.5 Å².